The van der Waals surface area contributed by atoms with E-state index in [1.54, 1.807) is 21.3 Å². The SMILES string of the molecule is CNC(=O)CN(CCOC)CCOC. The molecule has 0 aromatic carbocycles. The fourth-order valence-electron chi connectivity index (χ4n) is 0.993. The summed E-state index contributed by atoms with van der Waals surface area (Å²) in [4.78, 5) is 13.1. The van der Waals surface area contributed by atoms with Crippen LogP contribution in [0.3, 0.4) is 0 Å². The van der Waals surface area contributed by atoms with E-state index in [0.29, 0.717) is 19.8 Å². The third-order valence-corrected chi connectivity index (χ3v) is 1.87. The van der Waals surface area contributed by atoms with E-state index in [2.05, 4.69) is 5.32 Å². The third kappa shape index (κ3) is 6.82. The van der Waals surface area contributed by atoms with Gasteiger partial charge in [0.05, 0.1) is 19.8 Å². The first-order valence-corrected chi connectivity index (χ1v) is 4.65. The molecule has 0 rings (SSSR count). The Morgan fingerprint density at radius 1 is 1.21 bits per heavy atom. The number of nitrogens with one attached hydrogen (secondary N) is 1. The molecule has 14 heavy (non-hydrogen) atoms. The highest BCUT2D eigenvalue weighted by Gasteiger charge is 2.08. The number of ether oxygens (including phenoxy) is 2. The summed E-state index contributed by atoms with van der Waals surface area (Å²) in [6, 6.07) is 0. The maximum atomic E-state index is 11.1. The summed E-state index contributed by atoms with van der Waals surface area (Å²) in [5, 5.41) is 2.59. The van der Waals surface area contributed by atoms with Crippen LogP contribution in [0.4, 0.5) is 0 Å². The number of hydrogen-bond donors (Lipinski definition) is 1. The average Bonchev–Trinajstić information content (AvgIpc) is 2.21. The van der Waals surface area contributed by atoms with Crippen molar-refractivity contribution in [3.8, 4) is 0 Å². The minimum absolute atomic E-state index is 0.0113. The molecule has 0 atom stereocenters. The van der Waals surface area contributed by atoms with Gasteiger partial charge in [-0.15, -0.1) is 0 Å². The van der Waals surface area contributed by atoms with E-state index < -0.39 is 0 Å². The smallest absolute Gasteiger partial charge is 0.233 e. The fourth-order valence-corrected chi connectivity index (χ4v) is 0.993. The molecule has 0 aliphatic carbocycles. The first kappa shape index (κ1) is 13.4. The lowest BCUT2D eigenvalue weighted by Crippen LogP contribution is -2.39. The predicted molar refractivity (Wildman–Crippen MR) is 54.3 cm³/mol. The second-order valence-electron chi connectivity index (χ2n) is 2.93. The highest BCUT2D eigenvalue weighted by Crippen LogP contribution is 1.88. The second kappa shape index (κ2) is 8.93. The van der Waals surface area contributed by atoms with E-state index in [0.717, 1.165) is 13.1 Å². The molecule has 1 amide bonds. The zero-order valence-corrected chi connectivity index (χ0v) is 9.21. The molecule has 0 spiro atoms. The lowest BCUT2D eigenvalue weighted by molar-refractivity contribution is -0.122. The summed E-state index contributed by atoms with van der Waals surface area (Å²) < 4.78 is 9.91. The van der Waals surface area contributed by atoms with Crippen LogP contribution in [0.1, 0.15) is 0 Å². The van der Waals surface area contributed by atoms with Gasteiger partial charge in [0.2, 0.25) is 5.91 Å². The van der Waals surface area contributed by atoms with Crippen LogP contribution in [-0.2, 0) is 14.3 Å². The van der Waals surface area contributed by atoms with Crippen LogP contribution in [0.25, 0.3) is 0 Å². The average molecular weight is 204 g/mol. The van der Waals surface area contributed by atoms with Gasteiger partial charge in [-0.25, -0.2) is 0 Å². The molecular formula is C9H20N2O3. The van der Waals surface area contributed by atoms with E-state index in [-0.39, 0.29) is 5.91 Å². The monoisotopic (exact) mass is 204 g/mol. The van der Waals surface area contributed by atoms with Crippen molar-refractivity contribution in [1.29, 1.82) is 0 Å². The van der Waals surface area contributed by atoms with Crippen LogP contribution in [0.15, 0.2) is 0 Å². The lowest BCUT2D eigenvalue weighted by atomic mass is 10.4. The molecule has 0 bridgehead atoms. The van der Waals surface area contributed by atoms with Gasteiger partial charge in [-0.3, -0.25) is 9.69 Å². The van der Waals surface area contributed by atoms with Crippen molar-refractivity contribution in [2.24, 2.45) is 0 Å². The van der Waals surface area contributed by atoms with Gasteiger partial charge in [-0.05, 0) is 0 Å². The topological polar surface area (TPSA) is 50.8 Å². The highest BCUT2D eigenvalue weighted by atomic mass is 16.5. The number of carbonyl (C=O) groups is 1. The van der Waals surface area contributed by atoms with Gasteiger partial charge in [0, 0.05) is 34.4 Å². The normalized spacial score (nSPS) is 10.6. The number of rotatable bonds is 8. The number of nitrogens with zero attached hydrogens (tertiary/aromatic N) is 1. The fraction of sp³-hybridized carbons (Fsp3) is 0.889. The van der Waals surface area contributed by atoms with E-state index in [9.17, 15) is 4.79 Å². The Morgan fingerprint density at radius 2 is 1.71 bits per heavy atom. The molecule has 0 aliphatic rings. The molecule has 0 radical (unpaired) electrons. The Morgan fingerprint density at radius 3 is 2.07 bits per heavy atom. The van der Waals surface area contributed by atoms with Crippen molar-refractivity contribution in [3.63, 3.8) is 0 Å². The van der Waals surface area contributed by atoms with E-state index in [1.165, 1.54) is 0 Å². The minimum atomic E-state index is 0.0113. The van der Waals surface area contributed by atoms with Gasteiger partial charge < -0.3 is 14.8 Å². The van der Waals surface area contributed by atoms with Gasteiger partial charge in [-0.2, -0.15) is 0 Å². The standard InChI is InChI=1S/C9H20N2O3/c1-10-9(12)8-11(4-6-13-2)5-7-14-3/h4-8H2,1-3H3,(H,10,12). The van der Waals surface area contributed by atoms with E-state index in [1.807, 2.05) is 4.90 Å². The maximum Gasteiger partial charge on any atom is 0.233 e. The molecule has 5 heteroatoms. The largest absolute Gasteiger partial charge is 0.383 e. The predicted octanol–water partition coefficient (Wildman–Crippen LogP) is -0.673. The Kier molecular flexibility index (Phi) is 8.51. The molecule has 84 valence electrons. The number of likely N-dealkylation sites (N-methyl/N-ethyl adjacent to an activating group) is 1. The molecule has 0 aliphatic heterocycles. The van der Waals surface area contributed by atoms with Crippen LogP contribution in [0, 0.1) is 0 Å². The van der Waals surface area contributed by atoms with Crippen molar-refractivity contribution in [2.75, 3.05) is 54.1 Å². The number of amides is 1. The minimum Gasteiger partial charge on any atom is -0.383 e. The Balaban J connectivity index is 3.77. The summed E-state index contributed by atoms with van der Waals surface area (Å²) in [6.45, 7) is 3.13. The molecule has 1 N–H and O–H groups in total. The number of carbonyl (C=O) groups excluding carboxylic acids is 1. The zero-order chi connectivity index (χ0) is 10.8. The van der Waals surface area contributed by atoms with Crippen LogP contribution in [0.2, 0.25) is 0 Å². The molecule has 0 unspecified atom stereocenters. The van der Waals surface area contributed by atoms with Crippen molar-refractivity contribution >= 4 is 5.91 Å². The number of methoxy groups -OCH3 is 2. The maximum absolute atomic E-state index is 11.1. The Labute approximate surface area is 85.4 Å². The first-order chi connectivity index (χ1) is 6.74. The highest BCUT2D eigenvalue weighted by molar-refractivity contribution is 5.77. The molecule has 0 saturated carbocycles. The van der Waals surface area contributed by atoms with E-state index >= 15 is 0 Å². The number of hydrogen-bond acceptors (Lipinski definition) is 4. The van der Waals surface area contributed by atoms with Gasteiger partial charge >= 0.3 is 0 Å². The van der Waals surface area contributed by atoms with Crippen LogP contribution >= 0.6 is 0 Å². The quantitative estimate of drug-likeness (QED) is 0.569. The summed E-state index contributed by atoms with van der Waals surface area (Å²) in [6.07, 6.45) is 0. The lowest BCUT2D eigenvalue weighted by Gasteiger charge is -2.20. The molecular weight excluding hydrogens is 184 g/mol. The molecule has 0 heterocycles. The Bertz CT molecular complexity index is 145. The van der Waals surface area contributed by atoms with Crippen LogP contribution in [0.5, 0.6) is 0 Å². The van der Waals surface area contributed by atoms with Crippen molar-refractivity contribution < 1.29 is 14.3 Å². The van der Waals surface area contributed by atoms with E-state index in [4.69, 9.17) is 9.47 Å². The van der Waals surface area contributed by atoms with Crippen molar-refractivity contribution in [1.82, 2.24) is 10.2 Å². The second-order valence-corrected chi connectivity index (χ2v) is 2.93. The van der Waals surface area contributed by atoms with Crippen LogP contribution in [-0.4, -0.2) is 64.9 Å². The first-order valence-electron chi connectivity index (χ1n) is 4.65. The van der Waals surface area contributed by atoms with Crippen molar-refractivity contribution in [2.45, 2.75) is 0 Å². The van der Waals surface area contributed by atoms with Gasteiger partial charge in [0.15, 0.2) is 0 Å². The van der Waals surface area contributed by atoms with Gasteiger partial charge in [-0.1, -0.05) is 0 Å². The molecule has 5 nitrogen and oxygen atoms in total. The van der Waals surface area contributed by atoms with Gasteiger partial charge in [0.25, 0.3) is 0 Å². The van der Waals surface area contributed by atoms with Gasteiger partial charge in [0.1, 0.15) is 0 Å². The third-order valence-electron chi connectivity index (χ3n) is 1.87. The van der Waals surface area contributed by atoms with Crippen LogP contribution < -0.4 is 5.32 Å². The van der Waals surface area contributed by atoms with Crippen molar-refractivity contribution in [3.05, 3.63) is 0 Å². The molecule has 0 aromatic heterocycles. The summed E-state index contributed by atoms with van der Waals surface area (Å²) in [7, 11) is 4.93. The Hall–Kier alpha value is -0.650. The molecule has 0 saturated heterocycles. The zero-order valence-electron chi connectivity index (χ0n) is 9.21. The summed E-state index contributed by atoms with van der Waals surface area (Å²) in [5.74, 6) is 0.0113. The summed E-state index contributed by atoms with van der Waals surface area (Å²) in [5.41, 5.74) is 0. The summed E-state index contributed by atoms with van der Waals surface area (Å²) >= 11 is 0. The molecule has 0 fully saturated rings. The molecule has 0 aromatic rings.